The summed E-state index contributed by atoms with van der Waals surface area (Å²) < 4.78 is 56.7. The summed E-state index contributed by atoms with van der Waals surface area (Å²) in [6.07, 6.45) is -0.280. The van der Waals surface area contributed by atoms with E-state index in [-0.39, 0.29) is 34.2 Å². The highest BCUT2D eigenvalue weighted by Crippen LogP contribution is 2.33. The second-order valence-electron chi connectivity index (χ2n) is 9.28. The van der Waals surface area contributed by atoms with Crippen LogP contribution >= 0.6 is 23.2 Å². The van der Waals surface area contributed by atoms with E-state index in [4.69, 9.17) is 23.2 Å². The van der Waals surface area contributed by atoms with E-state index in [9.17, 15) is 27.2 Å². The number of carbonyl (C=O) groups excluding carboxylic acids is 1. The Bertz CT molecular complexity index is 1620. The topological polar surface area (TPSA) is 81.3 Å². The smallest absolute Gasteiger partial charge is 0.349 e. The second kappa shape index (κ2) is 10.5. The Balaban J connectivity index is 1.31. The van der Waals surface area contributed by atoms with Crippen molar-refractivity contribution in [2.24, 2.45) is 10.9 Å². The minimum Gasteiger partial charge on any atom is -0.349 e. The number of nitrogens with one attached hydrogen (secondary N) is 1. The average molecular weight is 580 g/mol. The Kier molecular flexibility index (Phi) is 7.27. The van der Waals surface area contributed by atoms with Crippen LogP contribution in [0.2, 0.25) is 10.0 Å². The molecule has 3 aromatic rings. The molecule has 1 aliphatic heterocycles. The van der Waals surface area contributed by atoms with Crippen LogP contribution in [0.25, 0.3) is 11.8 Å². The Morgan fingerprint density at radius 2 is 1.90 bits per heavy atom. The number of aromatic nitrogens is 3. The number of pyridine rings is 1. The van der Waals surface area contributed by atoms with Gasteiger partial charge in [0.2, 0.25) is 0 Å². The maximum Gasteiger partial charge on any atom is 0.434 e. The number of hydrogen-bond acceptors (Lipinski definition) is 4. The number of hydrogen-bond donors (Lipinski definition) is 1. The van der Waals surface area contributed by atoms with Crippen molar-refractivity contribution < 1.29 is 22.4 Å². The number of benzene rings is 1. The van der Waals surface area contributed by atoms with Gasteiger partial charge in [0.15, 0.2) is 11.5 Å². The molecule has 2 aliphatic rings. The first-order valence-electron chi connectivity index (χ1n) is 11.9. The summed E-state index contributed by atoms with van der Waals surface area (Å²) in [6, 6.07) is 4.31. The van der Waals surface area contributed by atoms with E-state index < -0.39 is 34.8 Å². The number of fused-ring (bicyclic) bond motifs is 1. The van der Waals surface area contributed by atoms with Crippen LogP contribution in [0, 0.1) is 11.7 Å². The van der Waals surface area contributed by atoms with Crippen molar-refractivity contribution in [1.82, 2.24) is 19.4 Å². The van der Waals surface area contributed by atoms with Gasteiger partial charge in [-0.3, -0.25) is 13.9 Å². The first kappa shape index (κ1) is 27.0. The number of amides is 1. The molecule has 0 bridgehead atoms. The maximum absolute atomic E-state index is 14.0. The molecule has 202 valence electrons. The summed E-state index contributed by atoms with van der Waals surface area (Å²) >= 11 is 12.1. The van der Waals surface area contributed by atoms with E-state index >= 15 is 0 Å². The average Bonchev–Trinajstić information content (AvgIpc) is 3.16. The molecular weight excluding hydrogens is 561 g/mol. The normalized spacial score (nSPS) is 18.3. The van der Waals surface area contributed by atoms with Crippen LogP contribution in [-0.4, -0.2) is 31.9 Å². The number of carbonyl (C=O) groups is 1. The Morgan fingerprint density at radius 3 is 2.62 bits per heavy atom. The third kappa shape index (κ3) is 5.44. The van der Waals surface area contributed by atoms with Crippen molar-refractivity contribution >= 4 is 46.9 Å². The summed E-state index contributed by atoms with van der Waals surface area (Å²) in [5.74, 6) is 1.49. The van der Waals surface area contributed by atoms with E-state index in [1.165, 1.54) is 27.3 Å². The highest BCUT2D eigenvalue weighted by atomic mass is 35.5. The molecule has 0 radical (unpaired) electrons. The molecule has 1 saturated carbocycles. The first-order chi connectivity index (χ1) is 18.5. The van der Waals surface area contributed by atoms with Crippen molar-refractivity contribution in [3.63, 3.8) is 0 Å². The summed E-state index contributed by atoms with van der Waals surface area (Å²) in [5.41, 5.74) is 0.886. The lowest BCUT2D eigenvalue weighted by Gasteiger charge is -2.29. The lowest BCUT2D eigenvalue weighted by molar-refractivity contribution is -0.141. The van der Waals surface area contributed by atoms with Crippen LogP contribution in [-0.2, 0) is 12.7 Å². The molecule has 1 aromatic carbocycles. The van der Waals surface area contributed by atoms with E-state index in [1.54, 1.807) is 0 Å². The van der Waals surface area contributed by atoms with Gasteiger partial charge in [0, 0.05) is 30.7 Å². The van der Waals surface area contributed by atoms with Gasteiger partial charge in [-0.2, -0.15) is 18.2 Å². The zero-order chi connectivity index (χ0) is 27.9. The minimum atomic E-state index is -4.81. The number of imidazole rings is 1. The van der Waals surface area contributed by atoms with E-state index in [0.717, 1.165) is 18.3 Å². The molecule has 3 heterocycles. The molecule has 39 heavy (non-hydrogen) atoms. The quantitative estimate of drug-likeness (QED) is 0.233. The van der Waals surface area contributed by atoms with Gasteiger partial charge in [-0.05, 0) is 61.6 Å². The molecule has 1 amide bonds. The molecule has 1 N–H and O–H groups in total. The lowest BCUT2D eigenvalue weighted by atomic mass is 9.85. The van der Waals surface area contributed by atoms with Gasteiger partial charge in [0.05, 0.1) is 21.3 Å². The largest absolute Gasteiger partial charge is 0.434 e. The van der Waals surface area contributed by atoms with Crippen LogP contribution in [0.4, 0.5) is 23.4 Å². The molecule has 0 atom stereocenters. The maximum atomic E-state index is 14.0. The van der Waals surface area contributed by atoms with Gasteiger partial charge in [0.25, 0.3) is 5.91 Å². The molecule has 1 aliphatic carbocycles. The number of alkyl halides is 3. The van der Waals surface area contributed by atoms with Crippen LogP contribution in [0.3, 0.4) is 0 Å². The lowest BCUT2D eigenvalue weighted by Crippen LogP contribution is -2.39. The number of halogens is 6. The van der Waals surface area contributed by atoms with Crippen LogP contribution in [0.1, 0.15) is 47.4 Å². The van der Waals surface area contributed by atoms with Crippen molar-refractivity contribution in [3.05, 3.63) is 79.5 Å². The van der Waals surface area contributed by atoms with Gasteiger partial charge in [0.1, 0.15) is 11.5 Å². The molecular formula is C26H19Cl2F4N5O2. The predicted octanol–water partition coefficient (Wildman–Crippen LogP) is 5.97. The number of nitrogens with zero attached hydrogens (tertiary/aromatic N) is 4. The molecule has 5 rings (SSSR count). The van der Waals surface area contributed by atoms with Gasteiger partial charge >= 0.3 is 11.9 Å². The minimum absolute atomic E-state index is 0.0161. The van der Waals surface area contributed by atoms with E-state index in [2.05, 4.69) is 26.9 Å². The summed E-state index contributed by atoms with van der Waals surface area (Å²) in [6.45, 7) is 0.289. The monoisotopic (exact) mass is 579 g/mol. The third-order valence-corrected chi connectivity index (χ3v) is 7.25. The third-order valence-electron chi connectivity index (χ3n) is 6.72. The van der Waals surface area contributed by atoms with Crippen molar-refractivity contribution in [3.8, 4) is 5.69 Å². The molecule has 0 unspecified atom stereocenters. The molecule has 0 saturated heterocycles. The summed E-state index contributed by atoms with van der Waals surface area (Å²) in [5, 5.41) is 2.76. The van der Waals surface area contributed by atoms with Gasteiger partial charge in [-0.25, -0.2) is 14.2 Å². The predicted molar refractivity (Wildman–Crippen MR) is 138 cm³/mol. The highest BCUT2D eigenvalue weighted by molar-refractivity contribution is 6.32. The van der Waals surface area contributed by atoms with E-state index in [0.29, 0.717) is 37.2 Å². The van der Waals surface area contributed by atoms with Gasteiger partial charge in [-0.1, -0.05) is 23.2 Å². The fourth-order valence-corrected chi connectivity index (χ4v) is 5.25. The van der Waals surface area contributed by atoms with Crippen LogP contribution in [0.15, 0.2) is 46.0 Å². The summed E-state index contributed by atoms with van der Waals surface area (Å²) in [7, 11) is 0. The molecule has 0 spiro atoms. The molecule has 2 aromatic heterocycles. The first-order valence-corrected chi connectivity index (χ1v) is 12.7. The number of aliphatic imine (C=N–C) groups is 1. The zero-order valence-electron chi connectivity index (χ0n) is 20.0. The van der Waals surface area contributed by atoms with Crippen molar-refractivity contribution in [1.29, 1.82) is 0 Å². The van der Waals surface area contributed by atoms with E-state index in [1.807, 2.05) is 0 Å². The summed E-state index contributed by atoms with van der Waals surface area (Å²) in [4.78, 5) is 33.6. The molecule has 13 heteroatoms. The van der Waals surface area contributed by atoms with Crippen molar-refractivity contribution in [2.45, 2.75) is 44.4 Å². The number of rotatable bonds is 5. The van der Waals surface area contributed by atoms with Crippen LogP contribution in [0.5, 0.6) is 0 Å². The van der Waals surface area contributed by atoms with Gasteiger partial charge < -0.3 is 5.32 Å². The second-order valence-corrected chi connectivity index (χ2v) is 10.1. The Labute approximate surface area is 229 Å². The fourth-order valence-electron chi connectivity index (χ4n) is 4.89. The van der Waals surface area contributed by atoms with Gasteiger partial charge in [-0.15, -0.1) is 0 Å². The zero-order valence-corrected chi connectivity index (χ0v) is 21.5. The Morgan fingerprint density at radius 1 is 1.15 bits per heavy atom. The highest BCUT2D eigenvalue weighted by Gasteiger charge is 2.38. The molecule has 7 nitrogen and oxygen atoms in total. The Hall–Kier alpha value is -3.62. The standard InChI is InChI=1S/C26H19Cl2F4N5O2/c27-15-10-18(22(34-12-15)26(30,31)32)24(38)35-17-6-3-14(4-7-17)13-36-23-20(2-1-9-33-23)37(25(36)39)21-11-16(29)5-8-19(21)28/h2,5,8,10-12,14,17H,3-4,6-7,13H2,(H,35,38). The van der Waals surface area contributed by atoms with Crippen molar-refractivity contribution in [2.75, 3.05) is 0 Å². The fraction of sp³-hybridized carbons (Fsp3) is 0.308. The SMILES string of the molecule is O=C(NC1CCC(Cn2c3c(n(-c4cc(F)ccc4Cl)c2=O)C=C=C=N3)CC1)c1cc(Cl)cnc1C(F)(F)F. The van der Waals surface area contributed by atoms with Crippen LogP contribution < -0.4 is 11.0 Å². The molecule has 1 fully saturated rings.